The summed E-state index contributed by atoms with van der Waals surface area (Å²) in [6, 6.07) is 26.0. The zero-order chi connectivity index (χ0) is 22.1. The lowest BCUT2D eigenvalue weighted by atomic mass is 10.1. The summed E-state index contributed by atoms with van der Waals surface area (Å²) in [4.78, 5) is 14.2. The average molecular weight is 440 g/mol. The fourth-order valence-electron chi connectivity index (χ4n) is 3.77. The van der Waals surface area contributed by atoms with Crippen molar-refractivity contribution >= 4 is 34.1 Å². The van der Waals surface area contributed by atoms with Gasteiger partial charge in [0, 0.05) is 22.9 Å². The van der Waals surface area contributed by atoms with Crippen LogP contribution >= 0.6 is 11.6 Å². The van der Waals surface area contributed by atoms with Crippen LogP contribution in [-0.2, 0) is 0 Å². The van der Waals surface area contributed by atoms with E-state index in [9.17, 15) is 0 Å². The molecule has 0 radical (unpaired) electrons. The highest BCUT2D eigenvalue weighted by Crippen LogP contribution is 2.30. The number of pyridine rings is 1. The van der Waals surface area contributed by atoms with Gasteiger partial charge < -0.3 is 9.88 Å². The predicted octanol–water partition coefficient (Wildman–Crippen LogP) is 6.23. The van der Waals surface area contributed by atoms with Gasteiger partial charge in [-0.2, -0.15) is 0 Å². The van der Waals surface area contributed by atoms with Crippen LogP contribution in [0.25, 0.3) is 28.1 Å². The SMILES string of the molecule is CC(C)N=c1cc2n(-c3ccc(Cl)cc3)c3ccccc3nc-2cc1Nc1ccccn1. The fourth-order valence-corrected chi connectivity index (χ4v) is 3.90. The Bertz CT molecular complexity index is 1420. The largest absolute Gasteiger partial charge is 0.338 e. The van der Waals surface area contributed by atoms with Crippen LogP contribution in [0.5, 0.6) is 0 Å². The van der Waals surface area contributed by atoms with E-state index in [1.54, 1.807) is 6.20 Å². The van der Waals surface area contributed by atoms with Crippen molar-refractivity contribution in [2.24, 2.45) is 4.99 Å². The second-order valence-corrected chi connectivity index (χ2v) is 8.27. The first-order valence-electron chi connectivity index (χ1n) is 10.5. The van der Waals surface area contributed by atoms with Crippen LogP contribution in [0, 0.1) is 0 Å². The Balaban J connectivity index is 1.83. The van der Waals surface area contributed by atoms with Gasteiger partial charge in [0.05, 0.1) is 33.5 Å². The molecule has 0 saturated carbocycles. The molecule has 0 bridgehead atoms. The van der Waals surface area contributed by atoms with E-state index in [0.29, 0.717) is 5.02 Å². The lowest BCUT2D eigenvalue weighted by molar-refractivity contribution is 0.805. The minimum Gasteiger partial charge on any atom is -0.338 e. The second-order valence-electron chi connectivity index (χ2n) is 7.83. The van der Waals surface area contributed by atoms with Crippen molar-refractivity contribution in [3.63, 3.8) is 0 Å². The van der Waals surface area contributed by atoms with E-state index < -0.39 is 0 Å². The standard InChI is InChI=1S/C26H22ClN5/c1-17(2)29-22-16-25-23(15-21(22)31-26-9-5-6-14-28-26)30-20-7-3-4-8-24(20)32(25)19-12-10-18(27)11-13-19/h3-17H,1-2H3,(H,28,31). The van der Waals surface area contributed by atoms with Crippen molar-refractivity contribution in [1.29, 1.82) is 0 Å². The molecule has 1 aliphatic heterocycles. The molecular formula is C26H22ClN5. The topological polar surface area (TPSA) is 55.1 Å². The number of para-hydroxylation sites is 2. The summed E-state index contributed by atoms with van der Waals surface area (Å²) in [6.45, 7) is 4.14. The number of nitrogens with zero attached hydrogens (tertiary/aromatic N) is 4. The summed E-state index contributed by atoms with van der Waals surface area (Å²) < 4.78 is 2.21. The summed E-state index contributed by atoms with van der Waals surface area (Å²) >= 11 is 6.17. The molecule has 1 aliphatic carbocycles. The molecule has 0 saturated heterocycles. The monoisotopic (exact) mass is 439 g/mol. The van der Waals surface area contributed by atoms with Crippen LogP contribution in [0.4, 0.5) is 11.5 Å². The summed E-state index contributed by atoms with van der Waals surface area (Å²) in [6.07, 6.45) is 1.77. The van der Waals surface area contributed by atoms with Crippen molar-refractivity contribution in [3.05, 3.63) is 95.4 Å². The highest BCUT2D eigenvalue weighted by molar-refractivity contribution is 6.30. The highest BCUT2D eigenvalue weighted by atomic mass is 35.5. The van der Waals surface area contributed by atoms with Gasteiger partial charge in [-0.05, 0) is 74.5 Å². The van der Waals surface area contributed by atoms with Gasteiger partial charge in [-0.3, -0.25) is 4.99 Å². The molecule has 0 unspecified atom stereocenters. The molecule has 2 aliphatic rings. The molecule has 1 N–H and O–H groups in total. The third kappa shape index (κ3) is 3.95. The number of benzene rings is 3. The zero-order valence-electron chi connectivity index (χ0n) is 17.8. The van der Waals surface area contributed by atoms with Gasteiger partial charge in [-0.1, -0.05) is 29.8 Å². The number of aromatic nitrogens is 3. The first kappa shape index (κ1) is 20.2. The molecule has 0 atom stereocenters. The molecule has 5 rings (SSSR count). The van der Waals surface area contributed by atoms with Crippen molar-refractivity contribution < 1.29 is 0 Å². The van der Waals surface area contributed by atoms with Crippen LogP contribution in [0.2, 0.25) is 5.02 Å². The molecule has 3 aromatic rings. The summed E-state index contributed by atoms with van der Waals surface area (Å²) in [5.41, 5.74) is 5.64. The van der Waals surface area contributed by atoms with E-state index in [4.69, 9.17) is 21.6 Å². The Morgan fingerprint density at radius 3 is 2.47 bits per heavy atom. The van der Waals surface area contributed by atoms with Gasteiger partial charge in [0.1, 0.15) is 5.82 Å². The Morgan fingerprint density at radius 1 is 0.938 bits per heavy atom. The molecule has 6 heteroatoms. The molecule has 0 spiro atoms. The maximum absolute atomic E-state index is 6.17. The van der Waals surface area contributed by atoms with Crippen LogP contribution in [0.15, 0.2) is 90.1 Å². The smallest absolute Gasteiger partial charge is 0.130 e. The maximum Gasteiger partial charge on any atom is 0.130 e. The van der Waals surface area contributed by atoms with Crippen molar-refractivity contribution in [3.8, 4) is 17.1 Å². The number of anilines is 2. The van der Waals surface area contributed by atoms with E-state index in [0.717, 1.165) is 45.0 Å². The molecule has 158 valence electrons. The lowest BCUT2D eigenvalue weighted by Gasteiger charge is -2.20. The highest BCUT2D eigenvalue weighted by Gasteiger charge is 2.16. The quantitative estimate of drug-likeness (QED) is 0.337. The third-order valence-corrected chi connectivity index (χ3v) is 5.36. The number of hydrogen-bond acceptors (Lipinski definition) is 4. The number of rotatable bonds is 4. The zero-order valence-corrected chi connectivity index (χ0v) is 18.6. The van der Waals surface area contributed by atoms with Gasteiger partial charge in [0.15, 0.2) is 0 Å². The van der Waals surface area contributed by atoms with Crippen LogP contribution in [0.3, 0.4) is 0 Å². The predicted molar refractivity (Wildman–Crippen MR) is 131 cm³/mol. The fraction of sp³-hybridized carbons (Fsp3) is 0.115. The van der Waals surface area contributed by atoms with Crippen molar-refractivity contribution in [1.82, 2.24) is 14.5 Å². The molecule has 0 fully saturated rings. The normalized spacial score (nSPS) is 12.1. The van der Waals surface area contributed by atoms with E-state index in [1.807, 2.05) is 66.7 Å². The minimum atomic E-state index is 0.133. The average Bonchev–Trinajstić information content (AvgIpc) is 2.79. The minimum absolute atomic E-state index is 0.133. The number of halogens is 1. The Labute approximate surface area is 191 Å². The first-order chi connectivity index (χ1) is 15.6. The second kappa shape index (κ2) is 8.44. The molecule has 2 aromatic carbocycles. The molecule has 0 amide bonds. The van der Waals surface area contributed by atoms with E-state index in [2.05, 4.69) is 40.8 Å². The van der Waals surface area contributed by atoms with E-state index in [1.165, 1.54) is 0 Å². The van der Waals surface area contributed by atoms with E-state index in [-0.39, 0.29) is 6.04 Å². The van der Waals surface area contributed by atoms with Gasteiger partial charge in [0.25, 0.3) is 0 Å². The number of fused-ring (bicyclic) bond motifs is 2. The Hall–Kier alpha value is -3.70. The molecular weight excluding hydrogens is 418 g/mol. The Morgan fingerprint density at radius 2 is 1.72 bits per heavy atom. The van der Waals surface area contributed by atoms with Gasteiger partial charge in [-0.15, -0.1) is 0 Å². The van der Waals surface area contributed by atoms with Crippen LogP contribution in [-0.4, -0.2) is 20.6 Å². The van der Waals surface area contributed by atoms with Gasteiger partial charge >= 0.3 is 0 Å². The van der Waals surface area contributed by atoms with E-state index >= 15 is 0 Å². The molecule has 5 nitrogen and oxygen atoms in total. The van der Waals surface area contributed by atoms with Crippen molar-refractivity contribution in [2.45, 2.75) is 19.9 Å². The maximum atomic E-state index is 6.17. The Kier molecular flexibility index (Phi) is 5.33. The summed E-state index contributed by atoms with van der Waals surface area (Å²) in [5.74, 6) is 0.762. The first-order valence-corrected chi connectivity index (χ1v) is 10.9. The van der Waals surface area contributed by atoms with Crippen molar-refractivity contribution in [2.75, 3.05) is 5.32 Å². The number of hydrogen-bond donors (Lipinski definition) is 1. The number of nitrogens with one attached hydrogen (secondary N) is 1. The molecule has 1 aromatic heterocycles. The molecule has 2 heterocycles. The van der Waals surface area contributed by atoms with Gasteiger partial charge in [-0.25, -0.2) is 9.97 Å². The van der Waals surface area contributed by atoms with Gasteiger partial charge in [0.2, 0.25) is 0 Å². The lowest BCUT2D eigenvalue weighted by Crippen LogP contribution is -2.16. The molecule has 32 heavy (non-hydrogen) atoms. The van der Waals surface area contributed by atoms with Crippen LogP contribution in [0.1, 0.15) is 13.8 Å². The summed E-state index contributed by atoms with van der Waals surface area (Å²) in [7, 11) is 0. The third-order valence-electron chi connectivity index (χ3n) is 5.11. The van der Waals surface area contributed by atoms with Crippen LogP contribution < -0.4 is 10.7 Å². The summed E-state index contributed by atoms with van der Waals surface area (Å²) in [5, 5.41) is 4.98.